The summed E-state index contributed by atoms with van der Waals surface area (Å²) >= 11 is 3.18. The fourth-order valence-electron chi connectivity index (χ4n) is 0.641. The lowest BCUT2D eigenvalue weighted by Gasteiger charge is -2.10. The monoisotopic (exact) mass is 261 g/mol. The second-order valence-electron chi connectivity index (χ2n) is 4.19. The van der Waals surface area contributed by atoms with Crippen molar-refractivity contribution in [3.63, 3.8) is 0 Å². The topological polar surface area (TPSA) is 12.4 Å². The van der Waals surface area contributed by atoms with Gasteiger partial charge in [-0.25, -0.2) is 4.39 Å². The first kappa shape index (κ1) is 13.6. The zero-order chi connectivity index (χ0) is 11.4. The molecule has 0 aliphatic carbocycles. The van der Waals surface area contributed by atoms with Crippen LogP contribution in [0.25, 0.3) is 0 Å². The van der Waals surface area contributed by atoms with Gasteiger partial charge in [0.2, 0.25) is 0 Å². The minimum absolute atomic E-state index is 0.158. The van der Waals surface area contributed by atoms with E-state index in [1.54, 1.807) is 20.1 Å². The van der Waals surface area contributed by atoms with Crippen LogP contribution in [0.15, 0.2) is 27.0 Å². The molecule has 3 heteroatoms. The zero-order valence-electron chi connectivity index (χ0n) is 9.36. The van der Waals surface area contributed by atoms with Gasteiger partial charge < -0.3 is 0 Å². The summed E-state index contributed by atoms with van der Waals surface area (Å²) in [6.07, 6.45) is 3.01. The Morgan fingerprint density at radius 2 is 1.79 bits per heavy atom. The molecule has 0 amide bonds. The number of aliphatic imine (C=N–C) groups is 1. The molecule has 0 saturated heterocycles. The molecule has 0 N–H and O–H groups in total. The smallest absolute Gasteiger partial charge is 0.128 e. The summed E-state index contributed by atoms with van der Waals surface area (Å²) in [7, 11) is 0. The third kappa shape index (κ3) is 7.01. The Balaban J connectivity index is 4.70. The number of hydrogen-bond acceptors (Lipinski definition) is 1. The molecule has 0 aromatic heterocycles. The minimum Gasteiger partial charge on any atom is -0.287 e. The van der Waals surface area contributed by atoms with E-state index in [4.69, 9.17) is 0 Å². The van der Waals surface area contributed by atoms with Crippen LogP contribution in [0.2, 0.25) is 0 Å². The SMILES string of the molecule is C/C(C=NC(C)(C)C)=C(F)\C=C(/C)Br. The lowest BCUT2D eigenvalue weighted by Crippen LogP contribution is -2.09. The number of halogens is 2. The molecule has 0 radical (unpaired) electrons. The molecule has 1 nitrogen and oxygen atoms in total. The first-order chi connectivity index (χ1) is 6.22. The molecule has 0 bridgehead atoms. The van der Waals surface area contributed by atoms with Crippen molar-refractivity contribution in [2.45, 2.75) is 40.2 Å². The molecule has 0 rings (SSSR count). The minimum atomic E-state index is -0.257. The van der Waals surface area contributed by atoms with Gasteiger partial charge in [-0.3, -0.25) is 4.99 Å². The highest BCUT2D eigenvalue weighted by Gasteiger charge is 2.05. The molecule has 0 saturated carbocycles. The Kier molecular flexibility index (Phi) is 5.27. The molecule has 0 aromatic carbocycles. The number of hydrogen-bond donors (Lipinski definition) is 0. The second kappa shape index (κ2) is 5.44. The van der Waals surface area contributed by atoms with Crippen LogP contribution >= 0.6 is 15.9 Å². The van der Waals surface area contributed by atoms with Gasteiger partial charge in [0.15, 0.2) is 0 Å². The van der Waals surface area contributed by atoms with Gasteiger partial charge in [0.05, 0.1) is 5.54 Å². The maximum atomic E-state index is 13.3. The Morgan fingerprint density at radius 1 is 1.29 bits per heavy atom. The summed E-state index contributed by atoms with van der Waals surface area (Å²) in [6, 6.07) is 0. The van der Waals surface area contributed by atoms with Gasteiger partial charge in [-0.15, -0.1) is 0 Å². The van der Waals surface area contributed by atoms with E-state index in [0.717, 1.165) is 4.48 Å². The summed E-state index contributed by atoms with van der Waals surface area (Å²) in [5, 5.41) is 0. The lowest BCUT2D eigenvalue weighted by atomic mass is 10.1. The molecule has 0 aromatic rings. The van der Waals surface area contributed by atoms with Crippen LogP contribution in [-0.4, -0.2) is 11.8 Å². The Morgan fingerprint density at radius 3 is 2.14 bits per heavy atom. The normalized spacial score (nSPS) is 16.1. The van der Waals surface area contributed by atoms with Crippen molar-refractivity contribution >= 4 is 22.1 Å². The van der Waals surface area contributed by atoms with E-state index in [9.17, 15) is 4.39 Å². The molecule has 14 heavy (non-hydrogen) atoms. The Labute approximate surface area is 93.9 Å². The van der Waals surface area contributed by atoms with Gasteiger partial charge >= 0.3 is 0 Å². The summed E-state index contributed by atoms with van der Waals surface area (Å²) in [5.41, 5.74) is 0.382. The van der Waals surface area contributed by atoms with Crippen molar-refractivity contribution in [1.82, 2.24) is 0 Å². The molecule has 0 unspecified atom stereocenters. The zero-order valence-corrected chi connectivity index (χ0v) is 10.9. The summed E-state index contributed by atoms with van der Waals surface area (Å²) in [4.78, 5) is 4.22. The number of allylic oxidation sites excluding steroid dienone is 4. The van der Waals surface area contributed by atoms with Gasteiger partial charge in [-0.1, -0.05) is 15.9 Å². The molecule has 0 atom stereocenters. The average molecular weight is 262 g/mol. The van der Waals surface area contributed by atoms with E-state index in [1.807, 2.05) is 20.8 Å². The van der Waals surface area contributed by atoms with E-state index >= 15 is 0 Å². The van der Waals surface area contributed by atoms with Gasteiger partial charge in [0.25, 0.3) is 0 Å². The van der Waals surface area contributed by atoms with Gasteiger partial charge in [-0.05, 0) is 45.2 Å². The summed E-state index contributed by atoms with van der Waals surface area (Å²) in [6.45, 7) is 9.41. The second-order valence-corrected chi connectivity index (χ2v) is 5.44. The van der Waals surface area contributed by atoms with E-state index in [-0.39, 0.29) is 11.4 Å². The van der Waals surface area contributed by atoms with Crippen LogP contribution in [-0.2, 0) is 0 Å². The molecular formula is C11H17BrFN. The van der Waals surface area contributed by atoms with Gasteiger partial charge in [-0.2, -0.15) is 0 Å². The van der Waals surface area contributed by atoms with E-state index in [0.29, 0.717) is 5.57 Å². The number of rotatable bonds is 2. The molecule has 0 aliphatic heterocycles. The van der Waals surface area contributed by atoms with E-state index in [1.165, 1.54) is 6.08 Å². The van der Waals surface area contributed by atoms with Crippen LogP contribution in [0.4, 0.5) is 4.39 Å². The predicted octanol–water partition coefficient (Wildman–Crippen LogP) is 4.40. The van der Waals surface area contributed by atoms with Crippen LogP contribution < -0.4 is 0 Å². The lowest BCUT2D eigenvalue weighted by molar-refractivity contribution is 0.586. The maximum absolute atomic E-state index is 13.3. The fourth-order valence-corrected chi connectivity index (χ4v) is 0.842. The average Bonchev–Trinajstić information content (AvgIpc) is 1.97. The van der Waals surface area contributed by atoms with Gasteiger partial charge in [0, 0.05) is 11.8 Å². The first-order valence-corrected chi connectivity index (χ1v) is 5.27. The highest BCUT2D eigenvalue weighted by atomic mass is 79.9. The van der Waals surface area contributed by atoms with Crippen molar-refractivity contribution in [2.75, 3.05) is 0 Å². The highest BCUT2D eigenvalue weighted by molar-refractivity contribution is 9.11. The Hall–Kier alpha value is -0.440. The third-order valence-corrected chi connectivity index (χ3v) is 1.58. The van der Waals surface area contributed by atoms with E-state index < -0.39 is 0 Å². The van der Waals surface area contributed by atoms with Gasteiger partial charge in [0.1, 0.15) is 5.83 Å². The number of nitrogens with zero attached hydrogens (tertiary/aromatic N) is 1. The predicted molar refractivity (Wildman–Crippen MR) is 64.7 cm³/mol. The fraction of sp³-hybridized carbons (Fsp3) is 0.545. The molecule has 80 valence electrons. The van der Waals surface area contributed by atoms with Crippen LogP contribution in [0.1, 0.15) is 34.6 Å². The quantitative estimate of drug-likeness (QED) is 0.516. The largest absolute Gasteiger partial charge is 0.287 e. The van der Waals surface area contributed by atoms with Crippen molar-refractivity contribution in [2.24, 2.45) is 4.99 Å². The van der Waals surface area contributed by atoms with Crippen molar-refractivity contribution in [3.8, 4) is 0 Å². The van der Waals surface area contributed by atoms with Crippen molar-refractivity contribution in [1.29, 1.82) is 0 Å². The molecule has 0 spiro atoms. The molecule has 0 aliphatic rings. The molecular weight excluding hydrogens is 245 g/mol. The van der Waals surface area contributed by atoms with Crippen molar-refractivity contribution < 1.29 is 4.39 Å². The standard InChI is InChI=1S/C11H17BrFN/c1-8(7-14-11(3,4)5)10(13)6-9(2)12/h6-7H,1-5H3/b9-6+,10-8-,14-7?. The molecule has 0 fully saturated rings. The summed E-state index contributed by atoms with van der Waals surface area (Å²) in [5.74, 6) is -0.257. The van der Waals surface area contributed by atoms with Crippen LogP contribution in [0.5, 0.6) is 0 Å². The first-order valence-electron chi connectivity index (χ1n) is 4.48. The van der Waals surface area contributed by atoms with Crippen LogP contribution in [0, 0.1) is 0 Å². The molecule has 0 heterocycles. The Bertz CT molecular complexity index is 278. The van der Waals surface area contributed by atoms with Crippen LogP contribution in [0.3, 0.4) is 0 Å². The third-order valence-electron chi connectivity index (χ3n) is 1.35. The highest BCUT2D eigenvalue weighted by Crippen LogP contribution is 2.13. The summed E-state index contributed by atoms with van der Waals surface area (Å²) < 4.78 is 14.1. The van der Waals surface area contributed by atoms with Crippen molar-refractivity contribution in [3.05, 3.63) is 22.0 Å². The maximum Gasteiger partial charge on any atom is 0.128 e. The van der Waals surface area contributed by atoms with E-state index in [2.05, 4.69) is 20.9 Å².